The Kier molecular flexibility index (Phi) is 7.24. The van der Waals surface area contributed by atoms with E-state index < -0.39 is 7.60 Å². The Morgan fingerprint density at radius 1 is 1.30 bits per heavy atom. The van der Waals surface area contributed by atoms with Crippen LogP contribution in [0.4, 0.5) is 0 Å². The Bertz CT molecular complexity index is 449. The van der Waals surface area contributed by atoms with Gasteiger partial charge in [-0.2, -0.15) is 0 Å². The van der Waals surface area contributed by atoms with E-state index in [2.05, 4.69) is 0 Å². The van der Waals surface area contributed by atoms with Gasteiger partial charge in [0.1, 0.15) is 12.4 Å². The first-order valence-electron chi connectivity index (χ1n) is 6.68. The molecule has 0 radical (unpaired) electrons. The normalized spacial score (nSPS) is 15.6. The monoisotopic (exact) mass is 302 g/mol. The molecular formula is C14H23O5P. The summed E-state index contributed by atoms with van der Waals surface area (Å²) in [7, 11) is -2.07. The van der Waals surface area contributed by atoms with Crippen LogP contribution in [0.1, 0.15) is 25.8 Å². The molecule has 20 heavy (non-hydrogen) atoms. The number of rotatable bonds is 9. The fraction of sp³-hybridized carbons (Fsp3) is 0.571. The molecule has 1 aromatic carbocycles. The third kappa shape index (κ3) is 6.06. The minimum atomic E-state index is -3.66. The van der Waals surface area contributed by atoms with Gasteiger partial charge in [-0.15, -0.1) is 0 Å². The molecule has 1 N–H and O–H groups in total. The van der Waals surface area contributed by atoms with Crippen LogP contribution in [0.25, 0.3) is 0 Å². The van der Waals surface area contributed by atoms with E-state index in [4.69, 9.17) is 14.0 Å². The highest BCUT2D eigenvalue weighted by molar-refractivity contribution is 7.52. The van der Waals surface area contributed by atoms with Crippen molar-refractivity contribution in [3.05, 3.63) is 29.8 Å². The summed E-state index contributed by atoms with van der Waals surface area (Å²) in [5.41, 5.74) is 0.665. The number of para-hydroxylation sites is 1. The first-order valence-corrected chi connectivity index (χ1v) is 8.44. The molecule has 5 nitrogen and oxygen atoms in total. The first kappa shape index (κ1) is 17.2. The van der Waals surface area contributed by atoms with E-state index in [1.807, 2.05) is 19.1 Å². The lowest BCUT2D eigenvalue weighted by atomic mass is 10.2. The first-order chi connectivity index (χ1) is 9.48. The minimum absolute atomic E-state index is 0.0551. The fourth-order valence-corrected chi connectivity index (χ4v) is 3.10. The molecule has 0 saturated heterocycles. The third-order valence-electron chi connectivity index (χ3n) is 2.81. The average molecular weight is 302 g/mol. The Morgan fingerprint density at radius 3 is 2.65 bits per heavy atom. The summed E-state index contributed by atoms with van der Waals surface area (Å²) in [5, 5.41) is 0. The van der Waals surface area contributed by atoms with Crippen molar-refractivity contribution in [3.63, 3.8) is 0 Å². The fourth-order valence-electron chi connectivity index (χ4n) is 1.62. The van der Waals surface area contributed by atoms with Crippen LogP contribution in [0.15, 0.2) is 24.3 Å². The van der Waals surface area contributed by atoms with Crippen LogP contribution in [-0.4, -0.2) is 31.3 Å². The number of hydrogen-bond acceptors (Lipinski definition) is 4. The van der Waals surface area contributed by atoms with Gasteiger partial charge in [0.25, 0.3) is 0 Å². The molecule has 0 aliphatic carbocycles. The lowest BCUT2D eigenvalue weighted by molar-refractivity contribution is 0.145. The summed E-state index contributed by atoms with van der Waals surface area (Å²) in [5.74, 6) is 0.589. The number of benzene rings is 1. The highest BCUT2D eigenvalue weighted by atomic mass is 31.2. The lowest BCUT2D eigenvalue weighted by Crippen LogP contribution is -2.08. The van der Waals surface area contributed by atoms with E-state index in [1.54, 1.807) is 26.2 Å². The molecule has 0 aromatic heterocycles. The van der Waals surface area contributed by atoms with E-state index in [1.165, 1.54) is 0 Å². The van der Waals surface area contributed by atoms with Crippen LogP contribution in [0, 0.1) is 0 Å². The number of ether oxygens (including phenoxy) is 2. The summed E-state index contributed by atoms with van der Waals surface area (Å²) in [4.78, 5) is 9.92. The van der Waals surface area contributed by atoms with Crippen LogP contribution in [-0.2, 0) is 20.0 Å². The topological polar surface area (TPSA) is 65.0 Å². The highest BCUT2D eigenvalue weighted by Crippen LogP contribution is 2.48. The summed E-state index contributed by atoms with van der Waals surface area (Å²) < 4.78 is 27.7. The molecule has 1 rings (SSSR count). The van der Waals surface area contributed by atoms with Gasteiger partial charge in [0.15, 0.2) is 0 Å². The average Bonchev–Trinajstić information content (AvgIpc) is 2.40. The molecule has 0 saturated carbocycles. The maximum atomic E-state index is 12.1. The summed E-state index contributed by atoms with van der Waals surface area (Å²) in [6.45, 7) is 4.56. The van der Waals surface area contributed by atoms with Crippen molar-refractivity contribution in [2.75, 3.05) is 20.3 Å². The number of methoxy groups -OCH3 is 1. The highest BCUT2D eigenvalue weighted by Gasteiger charge is 2.24. The van der Waals surface area contributed by atoms with Gasteiger partial charge in [0.05, 0.1) is 18.9 Å². The molecule has 0 fully saturated rings. The molecule has 0 spiro atoms. The zero-order valence-corrected chi connectivity index (χ0v) is 13.1. The van der Waals surface area contributed by atoms with Crippen LogP contribution in [0.2, 0.25) is 0 Å². The van der Waals surface area contributed by atoms with E-state index in [9.17, 15) is 9.46 Å². The van der Waals surface area contributed by atoms with Gasteiger partial charge < -0.3 is 18.9 Å². The van der Waals surface area contributed by atoms with Gasteiger partial charge in [0.2, 0.25) is 0 Å². The molecular weight excluding hydrogens is 279 g/mol. The van der Waals surface area contributed by atoms with Gasteiger partial charge in [-0.1, -0.05) is 25.1 Å². The molecule has 0 aliphatic heterocycles. The molecule has 114 valence electrons. The Morgan fingerprint density at radius 2 is 2.00 bits per heavy atom. The van der Waals surface area contributed by atoms with Crippen molar-refractivity contribution in [2.24, 2.45) is 0 Å². The van der Waals surface area contributed by atoms with Crippen molar-refractivity contribution in [1.82, 2.24) is 0 Å². The standard InChI is InChI=1S/C14H23O5P/c1-4-12(2)19-20(15,16)11-13-7-5-6-8-14(13)18-10-9-17-3/h5-8,12H,4,9-11H2,1-3H3,(H,15,16). The maximum absolute atomic E-state index is 12.1. The van der Waals surface area contributed by atoms with E-state index in [-0.39, 0.29) is 12.3 Å². The predicted molar refractivity (Wildman–Crippen MR) is 78.2 cm³/mol. The summed E-state index contributed by atoms with van der Waals surface area (Å²) in [6, 6.07) is 7.17. The zero-order chi connectivity index (χ0) is 15.0. The second-order valence-corrected chi connectivity index (χ2v) is 6.37. The Balaban J connectivity index is 2.73. The van der Waals surface area contributed by atoms with E-state index in [0.717, 1.165) is 0 Å². The summed E-state index contributed by atoms with van der Waals surface area (Å²) >= 11 is 0. The molecule has 0 amide bonds. The van der Waals surface area contributed by atoms with Crippen molar-refractivity contribution in [1.29, 1.82) is 0 Å². The molecule has 0 heterocycles. The molecule has 1 aromatic rings. The molecule has 0 aliphatic rings. The maximum Gasteiger partial charge on any atom is 0.332 e. The Hall–Kier alpha value is -0.870. The molecule has 0 bridgehead atoms. The largest absolute Gasteiger partial charge is 0.491 e. The van der Waals surface area contributed by atoms with Crippen molar-refractivity contribution < 1.29 is 23.5 Å². The quantitative estimate of drug-likeness (QED) is 0.560. The SMILES string of the molecule is CCC(C)OP(=O)(O)Cc1ccccc1OCCOC. The molecule has 2 unspecified atom stereocenters. The smallest absolute Gasteiger partial charge is 0.332 e. The van der Waals surface area contributed by atoms with E-state index in [0.29, 0.717) is 30.9 Å². The second kappa shape index (κ2) is 8.42. The van der Waals surface area contributed by atoms with E-state index >= 15 is 0 Å². The van der Waals surface area contributed by atoms with Gasteiger partial charge >= 0.3 is 7.60 Å². The lowest BCUT2D eigenvalue weighted by Gasteiger charge is -2.18. The van der Waals surface area contributed by atoms with Crippen molar-refractivity contribution in [3.8, 4) is 5.75 Å². The van der Waals surface area contributed by atoms with Crippen LogP contribution >= 0.6 is 7.60 Å². The van der Waals surface area contributed by atoms with Gasteiger partial charge in [-0.05, 0) is 19.4 Å². The number of hydrogen-bond donors (Lipinski definition) is 1. The van der Waals surface area contributed by atoms with Crippen LogP contribution in [0.3, 0.4) is 0 Å². The van der Waals surface area contributed by atoms with Gasteiger partial charge in [0, 0.05) is 12.7 Å². The van der Waals surface area contributed by atoms with Crippen molar-refractivity contribution in [2.45, 2.75) is 32.5 Å². The summed E-state index contributed by atoms with van der Waals surface area (Å²) in [6.07, 6.45) is 0.393. The van der Waals surface area contributed by atoms with Crippen LogP contribution in [0.5, 0.6) is 5.75 Å². The predicted octanol–water partition coefficient (Wildman–Crippen LogP) is 3.21. The molecule has 2 atom stereocenters. The Labute approximate surface area is 120 Å². The molecule has 6 heteroatoms. The zero-order valence-electron chi connectivity index (χ0n) is 12.2. The third-order valence-corrected chi connectivity index (χ3v) is 4.24. The van der Waals surface area contributed by atoms with Gasteiger partial charge in [-0.25, -0.2) is 0 Å². The van der Waals surface area contributed by atoms with Crippen LogP contribution < -0.4 is 4.74 Å². The second-order valence-electron chi connectivity index (χ2n) is 4.57. The van der Waals surface area contributed by atoms with Crippen molar-refractivity contribution >= 4 is 7.60 Å². The van der Waals surface area contributed by atoms with Gasteiger partial charge in [-0.3, -0.25) is 4.57 Å². The minimum Gasteiger partial charge on any atom is -0.491 e.